The second-order valence-corrected chi connectivity index (χ2v) is 8.88. The highest BCUT2D eigenvalue weighted by atomic mass is 16.6. The Bertz CT molecular complexity index is 1180. The highest BCUT2D eigenvalue weighted by molar-refractivity contribution is 6.11. The van der Waals surface area contributed by atoms with E-state index in [4.69, 9.17) is 4.74 Å². The van der Waals surface area contributed by atoms with Gasteiger partial charge in [-0.25, -0.2) is 0 Å². The number of nitro groups is 1. The van der Waals surface area contributed by atoms with Crippen LogP contribution in [0.5, 0.6) is 5.75 Å². The number of benzene rings is 2. The van der Waals surface area contributed by atoms with Gasteiger partial charge in [0, 0.05) is 18.6 Å². The van der Waals surface area contributed by atoms with E-state index in [1.165, 1.54) is 25.3 Å². The van der Waals surface area contributed by atoms with Crippen LogP contribution < -0.4 is 10.1 Å². The zero-order valence-electron chi connectivity index (χ0n) is 18.4. The lowest BCUT2D eigenvalue weighted by Crippen LogP contribution is -2.49. The standard InChI is InChI=1S/C25H23N3O6/c1-34-20-10-9-17(28(32)33)13-18(20)26-23(29)19(11-14-5-3-2-4-6-14)27-24(30)21-15-7-8-16(12-15)22(21)25(27)31/h2-10,13,15-16,19,21-22H,11-12H2,1H3,(H,26,29). The first-order valence-electron chi connectivity index (χ1n) is 11.1. The summed E-state index contributed by atoms with van der Waals surface area (Å²) in [5, 5.41) is 13.9. The van der Waals surface area contributed by atoms with E-state index in [0.29, 0.717) is 0 Å². The van der Waals surface area contributed by atoms with Gasteiger partial charge in [-0.15, -0.1) is 0 Å². The Morgan fingerprint density at radius 3 is 2.35 bits per heavy atom. The van der Waals surface area contributed by atoms with Crippen molar-refractivity contribution in [2.75, 3.05) is 12.4 Å². The van der Waals surface area contributed by atoms with Crippen LogP contribution in [0.1, 0.15) is 12.0 Å². The molecule has 1 saturated heterocycles. The van der Waals surface area contributed by atoms with Crippen LogP contribution in [-0.2, 0) is 20.8 Å². The predicted molar refractivity (Wildman–Crippen MR) is 122 cm³/mol. The van der Waals surface area contributed by atoms with Crippen molar-refractivity contribution in [3.8, 4) is 5.75 Å². The van der Waals surface area contributed by atoms with Gasteiger partial charge in [0.05, 0.1) is 29.6 Å². The van der Waals surface area contributed by atoms with E-state index < -0.39 is 28.7 Å². The first kappa shape index (κ1) is 21.8. The number of rotatable bonds is 7. The smallest absolute Gasteiger partial charge is 0.271 e. The van der Waals surface area contributed by atoms with Crippen LogP contribution in [-0.4, -0.2) is 40.7 Å². The molecule has 9 heteroatoms. The number of nitro benzene ring substituents is 1. The summed E-state index contributed by atoms with van der Waals surface area (Å²) in [6.07, 6.45) is 4.92. The van der Waals surface area contributed by atoms with Gasteiger partial charge < -0.3 is 10.1 Å². The number of likely N-dealkylation sites (tertiary alicyclic amines) is 1. The predicted octanol–water partition coefficient (Wildman–Crippen LogP) is 2.96. The molecular weight excluding hydrogens is 438 g/mol. The van der Waals surface area contributed by atoms with Crippen LogP contribution in [0.25, 0.3) is 0 Å². The van der Waals surface area contributed by atoms with Crippen molar-refractivity contribution in [1.82, 2.24) is 4.90 Å². The zero-order valence-corrected chi connectivity index (χ0v) is 18.4. The molecule has 1 N–H and O–H groups in total. The number of carbonyl (C=O) groups excluding carboxylic acids is 3. The first-order valence-corrected chi connectivity index (χ1v) is 11.1. The number of imide groups is 1. The van der Waals surface area contributed by atoms with Crippen LogP contribution in [0.3, 0.4) is 0 Å². The third-order valence-corrected chi connectivity index (χ3v) is 7.04. The summed E-state index contributed by atoms with van der Waals surface area (Å²) in [7, 11) is 1.38. The Hall–Kier alpha value is -4.01. The molecule has 34 heavy (non-hydrogen) atoms. The summed E-state index contributed by atoms with van der Waals surface area (Å²) >= 11 is 0. The summed E-state index contributed by atoms with van der Waals surface area (Å²) in [5.74, 6) is -1.84. The average Bonchev–Trinajstić information content (AvgIpc) is 3.52. The summed E-state index contributed by atoms with van der Waals surface area (Å²) in [5.41, 5.74) is 0.661. The quantitative estimate of drug-likeness (QED) is 0.293. The number of methoxy groups -OCH3 is 1. The second-order valence-electron chi connectivity index (χ2n) is 8.88. The number of nitrogens with one attached hydrogen (secondary N) is 1. The van der Waals surface area contributed by atoms with Crippen molar-refractivity contribution in [3.63, 3.8) is 0 Å². The van der Waals surface area contributed by atoms with Crippen LogP contribution in [0.4, 0.5) is 11.4 Å². The average molecular weight is 461 g/mol. The molecule has 3 aliphatic rings. The number of carbonyl (C=O) groups is 3. The lowest BCUT2D eigenvalue weighted by Gasteiger charge is -2.27. The number of fused-ring (bicyclic) bond motifs is 5. The van der Waals surface area contributed by atoms with E-state index >= 15 is 0 Å². The third-order valence-electron chi connectivity index (χ3n) is 7.04. The molecule has 2 fully saturated rings. The molecule has 5 unspecified atom stereocenters. The Labute approximate surface area is 195 Å². The monoisotopic (exact) mass is 461 g/mol. The minimum Gasteiger partial charge on any atom is -0.495 e. The van der Waals surface area contributed by atoms with E-state index in [1.807, 2.05) is 42.5 Å². The van der Waals surface area contributed by atoms with Crippen molar-refractivity contribution in [2.45, 2.75) is 18.9 Å². The van der Waals surface area contributed by atoms with E-state index in [2.05, 4.69) is 5.32 Å². The molecule has 9 nitrogen and oxygen atoms in total. The largest absolute Gasteiger partial charge is 0.495 e. The number of non-ortho nitro benzene ring substituents is 1. The molecule has 1 heterocycles. The normalized spacial score (nSPS) is 25.4. The molecule has 0 aromatic heterocycles. The SMILES string of the molecule is COc1ccc([N+](=O)[O-])cc1NC(=O)C(Cc1ccccc1)N1C(=O)C2C3C=CC(C3)C2C1=O. The van der Waals surface area contributed by atoms with Gasteiger partial charge in [0.25, 0.3) is 5.69 Å². The Balaban J connectivity index is 1.48. The molecule has 5 atom stereocenters. The van der Waals surface area contributed by atoms with Gasteiger partial charge in [-0.05, 0) is 29.9 Å². The number of hydrogen-bond acceptors (Lipinski definition) is 6. The molecule has 5 rings (SSSR count). The highest BCUT2D eigenvalue weighted by Crippen LogP contribution is 2.53. The van der Waals surface area contributed by atoms with Gasteiger partial charge in [0.1, 0.15) is 11.8 Å². The Morgan fingerprint density at radius 2 is 1.76 bits per heavy atom. The molecule has 1 aliphatic heterocycles. The van der Waals surface area contributed by atoms with Crippen molar-refractivity contribution < 1.29 is 24.0 Å². The van der Waals surface area contributed by atoms with Gasteiger partial charge >= 0.3 is 0 Å². The molecule has 2 bridgehead atoms. The van der Waals surface area contributed by atoms with E-state index in [9.17, 15) is 24.5 Å². The number of nitrogens with zero attached hydrogens (tertiary/aromatic N) is 2. The maximum atomic E-state index is 13.5. The van der Waals surface area contributed by atoms with Crippen molar-refractivity contribution >= 4 is 29.1 Å². The van der Waals surface area contributed by atoms with Crippen molar-refractivity contribution in [2.24, 2.45) is 23.7 Å². The third kappa shape index (κ3) is 3.53. The molecule has 2 aromatic carbocycles. The number of anilines is 1. The molecule has 0 spiro atoms. The van der Waals surface area contributed by atoms with Gasteiger partial charge in [-0.1, -0.05) is 42.5 Å². The number of allylic oxidation sites excluding steroid dienone is 2. The Morgan fingerprint density at radius 1 is 1.12 bits per heavy atom. The van der Waals surface area contributed by atoms with Crippen LogP contribution in [0.15, 0.2) is 60.7 Å². The molecule has 2 aliphatic carbocycles. The second kappa shape index (κ2) is 8.40. The summed E-state index contributed by atoms with van der Waals surface area (Å²) in [4.78, 5) is 52.2. The lowest BCUT2D eigenvalue weighted by molar-refractivity contribution is -0.384. The number of hydrogen-bond donors (Lipinski definition) is 1. The van der Waals surface area contributed by atoms with Gasteiger partial charge in [0.15, 0.2) is 0 Å². The molecular formula is C25H23N3O6. The maximum absolute atomic E-state index is 13.5. The van der Waals surface area contributed by atoms with Crippen LogP contribution in [0, 0.1) is 33.8 Å². The van der Waals surface area contributed by atoms with Gasteiger partial charge in [0.2, 0.25) is 17.7 Å². The maximum Gasteiger partial charge on any atom is 0.271 e. The molecule has 0 radical (unpaired) electrons. The molecule has 174 valence electrons. The van der Waals surface area contributed by atoms with Crippen LogP contribution >= 0.6 is 0 Å². The topological polar surface area (TPSA) is 119 Å². The fourth-order valence-electron chi connectivity index (χ4n) is 5.49. The van der Waals surface area contributed by atoms with Gasteiger partial charge in [-0.2, -0.15) is 0 Å². The zero-order chi connectivity index (χ0) is 24.0. The first-order chi connectivity index (χ1) is 16.4. The summed E-state index contributed by atoms with van der Waals surface area (Å²) in [6, 6.07) is 11.9. The molecule has 2 aromatic rings. The lowest BCUT2D eigenvalue weighted by atomic mass is 9.85. The molecule has 1 saturated carbocycles. The van der Waals surface area contributed by atoms with E-state index in [-0.39, 0.29) is 47.2 Å². The number of amides is 3. The van der Waals surface area contributed by atoms with Crippen LogP contribution in [0.2, 0.25) is 0 Å². The summed E-state index contributed by atoms with van der Waals surface area (Å²) < 4.78 is 5.25. The van der Waals surface area contributed by atoms with E-state index in [0.717, 1.165) is 16.9 Å². The van der Waals surface area contributed by atoms with E-state index in [1.54, 1.807) is 0 Å². The van der Waals surface area contributed by atoms with Crippen molar-refractivity contribution in [1.29, 1.82) is 0 Å². The minimum atomic E-state index is -1.10. The van der Waals surface area contributed by atoms with Crippen molar-refractivity contribution in [3.05, 3.63) is 76.4 Å². The van der Waals surface area contributed by atoms with Gasteiger partial charge in [-0.3, -0.25) is 29.4 Å². The number of ether oxygens (including phenoxy) is 1. The highest BCUT2D eigenvalue weighted by Gasteiger charge is 2.61. The molecule has 3 amide bonds. The minimum absolute atomic E-state index is 0.0220. The fourth-order valence-corrected chi connectivity index (χ4v) is 5.49. The summed E-state index contributed by atoms with van der Waals surface area (Å²) in [6.45, 7) is 0. The fraction of sp³-hybridized carbons (Fsp3) is 0.320. The Kier molecular flexibility index (Phi) is 5.39.